The van der Waals surface area contributed by atoms with E-state index in [1.165, 1.54) is 24.3 Å². The Labute approximate surface area is 145 Å². The van der Waals surface area contributed by atoms with Crippen molar-refractivity contribution in [3.05, 3.63) is 54.3 Å². The lowest BCUT2D eigenvalue weighted by atomic mass is 10.2. The third kappa shape index (κ3) is 4.79. The van der Waals surface area contributed by atoms with Crippen LogP contribution in [0, 0.1) is 11.7 Å². The van der Waals surface area contributed by atoms with Gasteiger partial charge in [0.1, 0.15) is 11.6 Å². The highest BCUT2D eigenvalue weighted by atomic mass is 19.1. The van der Waals surface area contributed by atoms with E-state index < -0.39 is 6.10 Å². The molecule has 3 rings (SSSR count). The van der Waals surface area contributed by atoms with E-state index in [1.807, 2.05) is 0 Å². The summed E-state index contributed by atoms with van der Waals surface area (Å²) in [5.41, 5.74) is 1.20. The van der Waals surface area contributed by atoms with Gasteiger partial charge in [0.25, 0.3) is 5.91 Å². The lowest BCUT2D eigenvalue weighted by Crippen LogP contribution is -2.30. The Morgan fingerprint density at radius 2 is 1.72 bits per heavy atom. The Bertz CT molecular complexity index is 772. The van der Waals surface area contributed by atoms with Crippen LogP contribution in [-0.2, 0) is 9.59 Å². The molecule has 0 heterocycles. The van der Waals surface area contributed by atoms with Crippen LogP contribution in [0.3, 0.4) is 0 Å². The van der Waals surface area contributed by atoms with Gasteiger partial charge in [0, 0.05) is 17.3 Å². The predicted molar refractivity (Wildman–Crippen MR) is 92.9 cm³/mol. The second-order valence-electron chi connectivity index (χ2n) is 6.05. The van der Waals surface area contributed by atoms with Gasteiger partial charge in [0.05, 0.1) is 0 Å². The molecule has 0 bridgehead atoms. The highest BCUT2D eigenvalue weighted by molar-refractivity contribution is 5.97. The van der Waals surface area contributed by atoms with E-state index in [4.69, 9.17) is 4.74 Å². The van der Waals surface area contributed by atoms with Crippen LogP contribution in [-0.4, -0.2) is 17.9 Å². The van der Waals surface area contributed by atoms with Gasteiger partial charge in [-0.2, -0.15) is 0 Å². The van der Waals surface area contributed by atoms with Gasteiger partial charge in [-0.25, -0.2) is 4.39 Å². The van der Waals surface area contributed by atoms with Crippen molar-refractivity contribution in [1.29, 1.82) is 0 Å². The molecule has 2 aromatic rings. The average Bonchev–Trinajstić information content (AvgIpc) is 3.42. The van der Waals surface area contributed by atoms with Crippen LogP contribution < -0.4 is 15.4 Å². The monoisotopic (exact) mass is 342 g/mol. The van der Waals surface area contributed by atoms with Crippen molar-refractivity contribution in [3.63, 3.8) is 0 Å². The number of amides is 2. The van der Waals surface area contributed by atoms with Gasteiger partial charge in [-0.05, 0) is 62.2 Å². The summed E-state index contributed by atoms with van der Waals surface area (Å²) in [6.45, 7) is 1.61. The Kier molecular flexibility index (Phi) is 4.97. The molecule has 1 atom stereocenters. The van der Waals surface area contributed by atoms with E-state index in [2.05, 4.69) is 10.6 Å². The van der Waals surface area contributed by atoms with Crippen molar-refractivity contribution < 1.29 is 18.7 Å². The predicted octanol–water partition coefficient (Wildman–Crippen LogP) is 3.58. The molecule has 0 saturated heterocycles. The highest BCUT2D eigenvalue weighted by Gasteiger charge is 2.29. The van der Waals surface area contributed by atoms with Crippen LogP contribution in [0.1, 0.15) is 19.8 Å². The number of anilines is 2. The molecule has 1 fully saturated rings. The van der Waals surface area contributed by atoms with Gasteiger partial charge in [0.15, 0.2) is 6.10 Å². The van der Waals surface area contributed by atoms with Crippen molar-refractivity contribution in [2.24, 2.45) is 5.92 Å². The number of halogens is 1. The molecule has 2 N–H and O–H groups in total. The SMILES string of the molecule is CC(Oc1ccc(F)cc1)C(=O)Nc1cccc(NC(=O)C2CC2)c1. The second kappa shape index (κ2) is 7.34. The summed E-state index contributed by atoms with van der Waals surface area (Å²) in [7, 11) is 0. The number of carbonyl (C=O) groups is 2. The maximum atomic E-state index is 12.9. The molecule has 6 heteroatoms. The fourth-order valence-electron chi connectivity index (χ4n) is 2.28. The number of ether oxygens (including phenoxy) is 1. The molecule has 0 radical (unpaired) electrons. The summed E-state index contributed by atoms with van der Waals surface area (Å²) in [5, 5.41) is 5.58. The Hall–Kier alpha value is -2.89. The minimum absolute atomic E-state index is 0.0106. The summed E-state index contributed by atoms with van der Waals surface area (Å²) >= 11 is 0. The lowest BCUT2D eigenvalue weighted by Gasteiger charge is -2.15. The van der Waals surface area contributed by atoms with Gasteiger partial charge in [-0.15, -0.1) is 0 Å². The van der Waals surface area contributed by atoms with Crippen molar-refractivity contribution in [1.82, 2.24) is 0 Å². The molecule has 0 spiro atoms. The first-order valence-corrected chi connectivity index (χ1v) is 8.15. The molecule has 5 nitrogen and oxygen atoms in total. The molecule has 0 aromatic heterocycles. The van der Waals surface area contributed by atoms with E-state index in [9.17, 15) is 14.0 Å². The zero-order chi connectivity index (χ0) is 17.8. The summed E-state index contributed by atoms with van der Waals surface area (Å²) in [5.74, 6) is -0.169. The van der Waals surface area contributed by atoms with E-state index in [0.29, 0.717) is 17.1 Å². The molecule has 130 valence electrons. The largest absolute Gasteiger partial charge is 0.481 e. The zero-order valence-electron chi connectivity index (χ0n) is 13.8. The van der Waals surface area contributed by atoms with E-state index in [0.717, 1.165) is 12.8 Å². The fourth-order valence-corrected chi connectivity index (χ4v) is 2.28. The van der Waals surface area contributed by atoms with Crippen LogP contribution >= 0.6 is 0 Å². The number of hydrogen-bond donors (Lipinski definition) is 2. The first kappa shape index (κ1) is 17.0. The summed E-state index contributed by atoms with van der Waals surface area (Å²) < 4.78 is 18.4. The van der Waals surface area contributed by atoms with Gasteiger partial charge in [-0.1, -0.05) is 6.07 Å². The normalized spacial score (nSPS) is 14.5. The molecular weight excluding hydrogens is 323 g/mol. The minimum atomic E-state index is -0.754. The first-order chi connectivity index (χ1) is 12.0. The van der Waals surface area contributed by atoms with Crippen molar-refractivity contribution in [2.75, 3.05) is 10.6 Å². The van der Waals surface area contributed by atoms with Crippen molar-refractivity contribution in [3.8, 4) is 5.75 Å². The molecular formula is C19H19FN2O3. The van der Waals surface area contributed by atoms with Gasteiger partial charge >= 0.3 is 0 Å². The molecule has 2 amide bonds. The number of nitrogens with one attached hydrogen (secondary N) is 2. The molecule has 1 unspecified atom stereocenters. The summed E-state index contributed by atoms with van der Waals surface area (Å²) in [6, 6.07) is 12.4. The Balaban J connectivity index is 1.57. The number of hydrogen-bond acceptors (Lipinski definition) is 3. The van der Waals surface area contributed by atoms with Gasteiger partial charge < -0.3 is 15.4 Å². The standard InChI is InChI=1S/C19H19FN2O3/c1-12(25-17-9-7-14(20)8-10-17)18(23)21-15-3-2-4-16(11-15)22-19(24)13-5-6-13/h2-4,7-13H,5-6H2,1H3,(H,21,23)(H,22,24). The fraction of sp³-hybridized carbons (Fsp3) is 0.263. The van der Waals surface area contributed by atoms with E-state index >= 15 is 0 Å². The topological polar surface area (TPSA) is 67.4 Å². The number of benzene rings is 2. The maximum Gasteiger partial charge on any atom is 0.265 e. The summed E-state index contributed by atoms with van der Waals surface area (Å²) in [4.78, 5) is 24.0. The van der Waals surface area contributed by atoms with Crippen molar-refractivity contribution >= 4 is 23.2 Å². The molecule has 1 aliphatic rings. The molecule has 1 saturated carbocycles. The first-order valence-electron chi connectivity index (χ1n) is 8.15. The van der Waals surface area contributed by atoms with Crippen LogP contribution in [0.4, 0.5) is 15.8 Å². The lowest BCUT2D eigenvalue weighted by molar-refractivity contribution is -0.122. The Morgan fingerprint density at radius 3 is 2.36 bits per heavy atom. The number of rotatable bonds is 6. The zero-order valence-corrected chi connectivity index (χ0v) is 13.8. The Morgan fingerprint density at radius 1 is 1.08 bits per heavy atom. The third-order valence-corrected chi connectivity index (χ3v) is 3.84. The highest BCUT2D eigenvalue weighted by Crippen LogP contribution is 2.30. The van der Waals surface area contributed by atoms with Gasteiger partial charge in [0.2, 0.25) is 5.91 Å². The maximum absolute atomic E-state index is 12.9. The minimum Gasteiger partial charge on any atom is -0.481 e. The van der Waals surface area contributed by atoms with E-state index in [-0.39, 0.29) is 23.5 Å². The quantitative estimate of drug-likeness (QED) is 0.843. The van der Waals surface area contributed by atoms with E-state index in [1.54, 1.807) is 31.2 Å². The van der Waals surface area contributed by atoms with Crippen molar-refractivity contribution in [2.45, 2.75) is 25.9 Å². The van der Waals surface area contributed by atoms with Gasteiger partial charge in [-0.3, -0.25) is 9.59 Å². The molecule has 2 aromatic carbocycles. The third-order valence-electron chi connectivity index (χ3n) is 3.84. The van der Waals surface area contributed by atoms with Crippen LogP contribution in [0.25, 0.3) is 0 Å². The van der Waals surface area contributed by atoms with Crippen LogP contribution in [0.15, 0.2) is 48.5 Å². The molecule has 0 aliphatic heterocycles. The molecule has 1 aliphatic carbocycles. The van der Waals surface area contributed by atoms with Crippen LogP contribution in [0.5, 0.6) is 5.75 Å². The number of carbonyl (C=O) groups excluding carboxylic acids is 2. The molecule has 25 heavy (non-hydrogen) atoms. The average molecular weight is 342 g/mol. The van der Waals surface area contributed by atoms with Crippen LogP contribution in [0.2, 0.25) is 0 Å². The summed E-state index contributed by atoms with van der Waals surface area (Å²) in [6.07, 6.45) is 1.11. The second-order valence-corrected chi connectivity index (χ2v) is 6.05. The smallest absolute Gasteiger partial charge is 0.265 e.